The molecule has 0 bridgehead atoms. The lowest BCUT2D eigenvalue weighted by Gasteiger charge is -2.15. The molecule has 112 valence electrons. The lowest BCUT2D eigenvalue weighted by molar-refractivity contribution is 0.609. The molecule has 0 spiro atoms. The third kappa shape index (κ3) is 3.69. The standard InChI is InChI=1S/C17H19Cl2NO/c1-3-4-9-20-10-8-17(21)13(12(20)2)11-14-15(18)6-5-7-16(14)19/h5-8,10H,3-4,9,11H2,1-2H3. The Labute approximate surface area is 135 Å². The zero-order valence-electron chi connectivity index (χ0n) is 12.3. The molecule has 1 heterocycles. The zero-order valence-corrected chi connectivity index (χ0v) is 13.8. The largest absolute Gasteiger partial charge is 0.351 e. The Morgan fingerprint density at radius 3 is 2.38 bits per heavy atom. The number of pyridine rings is 1. The van der Waals surface area contributed by atoms with Gasteiger partial charge in [-0.05, 0) is 31.0 Å². The predicted molar refractivity (Wildman–Crippen MR) is 89.6 cm³/mol. The van der Waals surface area contributed by atoms with Gasteiger partial charge < -0.3 is 4.57 Å². The Balaban J connectivity index is 2.42. The molecule has 0 radical (unpaired) electrons. The first kappa shape index (κ1) is 16.1. The van der Waals surface area contributed by atoms with Crippen molar-refractivity contribution in [3.05, 3.63) is 67.6 Å². The summed E-state index contributed by atoms with van der Waals surface area (Å²) < 4.78 is 2.13. The SMILES string of the molecule is CCCCn1ccc(=O)c(Cc2c(Cl)cccc2Cl)c1C. The molecule has 0 fully saturated rings. The summed E-state index contributed by atoms with van der Waals surface area (Å²) in [5.41, 5.74) is 2.61. The van der Waals surface area contributed by atoms with Crippen molar-refractivity contribution in [2.24, 2.45) is 0 Å². The Morgan fingerprint density at radius 1 is 1.10 bits per heavy atom. The molecule has 0 saturated heterocycles. The van der Waals surface area contributed by atoms with Gasteiger partial charge in [-0.2, -0.15) is 0 Å². The molecule has 2 aromatic rings. The molecule has 0 aliphatic rings. The van der Waals surface area contributed by atoms with Crippen LogP contribution in [0, 0.1) is 6.92 Å². The Morgan fingerprint density at radius 2 is 1.76 bits per heavy atom. The van der Waals surface area contributed by atoms with Crippen molar-refractivity contribution in [1.29, 1.82) is 0 Å². The fourth-order valence-corrected chi connectivity index (χ4v) is 2.92. The molecule has 0 aliphatic heterocycles. The van der Waals surface area contributed by atoms with Crippen molar-refractivity contribution in [3.63, 3.8) is 0 Å². The van der Waals surface area contributed by atoms with Crippen LogP contribution in [0.3, 0.4) is 0 Å². The molecule has 1 aromatic carbocycles. The summed E-state index contributed by atoms with van der Waals surface area (Å²) in [7, 11) is 0. The van der Waals surface area contributed by atoms with Gasteiger partial charge in [-0.3, -0.25) is 4.79 Å². The molecular formula is C17H19Cl2NO. The summed E-state index contributed by atoms with van der Waals surface area (Å²) in [6.45, 7) is 5.06. The van der Waals surface area contributed by atoms with Crippen LogP contribution in [0.5, 0.6) is 0 Å². The Hall–Kier alpha value is -1.25. The second-order valence-electron chi connectivity index (χ2n) is 5.17. The molecule has 4 heteroatoms. The average molecular weight is 324 g/mol. The molecule has 2 rings (SSSR count). The van der Waals surface area contributed by atoms with E-state index in [1.165, 1.54) is 0 Å². The minimum absolute atomic E-state index is 0.0382. The van der Waals surface area contributed by atoms with Crippen LogP contribution in [0.25, 0.3) is 0 Å². The summed E-state index contributed by atoms with van der Waals surface area (Å²) in [4.78, 5) is 12.2. The third-order valence-corrected chi connectivity index (χ3v) is 4.45. The number of hydrogen-bond acceptors (Lipinski definition) is 1. The number of aromatic nitrogens is 1. The monoisotopic (exact) mass is 323 g/mol. The van der Waals surface area contributed by atoms with Gasteiger partial charge in [0.05, 0.1) is 0 Å². The zero-order chi connectivity index (χ0) is 15.4. The fourth-order valence-electron chi connectivity index (χ4n) is 2.39. The second kappa shape index (κ2) is 7.15. The lowest BCUT2D eigenvalue weighted by atomic mass is 10.0. The van der Waals surface area contributed by atoms with E-state index in [-0.39, 0.29) is 5.43 Å². The van der Waals surface area contributed by atoms with Crippen LogP contribution in [0.2, 0.25) is 10.0 Å². The van der Waals surface area contributed by atoms with Crippen LogP contribution in [0.15, 0.2) is 35.3 Å². The first-order valence-corrected chi connectivity index (χ1v) is 7.92. The smallest absolute Gasteiger partial charge is 0.185 e. The molecule has 0 atom stereocenters. The van der Waals surface area contributed by atoms with Crippen molar-refractivity contribution in [2.75, 3.05) is 0 Å². The molecule has 2 nitrogen and oxygen atoms in total. The summed E-state index contributed by atoms with van der Waals surface area (Å²) in [5.74, 6) is 0. The molecule has 0 N–H and O–H groups in total. The molecular weight excluding hydrogens is 305 g/mol. The number of hydrogen-bond donors (Lipinski definition) is 0. The van der Waals surface area contributed by atoms with Gasteiger partial charge in [0.25, 0.3) is 0 Å². The molecule has 0 saturated carbocycles. The highest BCUT2D eigenvalue weighted by atomic mass is 35.5. The van der Waals surface area contributed by atoms with Crippen molar-refractivity contribution < 1.29 is 0 Å². The summed E-state index contributed by atoms with van der Waals surface area (Å²) in [5, 5.41) is 1.20. The highest BCUT2D eigenvalue weighted by Crippen LogP contribution is 2.26. The minimum atomic E-state index is 0.0382. The quantitative estimate of drug-likeness (QED) is 0.770. The highest BCUT2D eigenvalue weighted by Gasteiger charge is 2.12. The van der Waals surface area contributed by atoms with Crippen LogP contribution in [0.4, 0.5) is 0 Å². The topological polar surface area (TPSA) is 22.0 Å². The maximum absolute atomic E-state index is 12.2. The average Bonchev–Trinajstić information content (AvgIpc) is 2.45. The van der Waals surface area contributed by atoms with E-state index in [9.17, 15) is 4.79 Å². The van der Waals surface area contributed by atoms with Crippen molar-refractivity contribution >= 4 is 23.2 Å². The van der Waals surface area contributed by atoms with Gasteiger partial charge >= 0.3 is 0 Å². The normalized spacial score (nSPS) is 10.9. The van der Waals surface area contributed by atoms with Gasteiger partial charge in [-0.15, -0.1) is 0 Å². The lowest BCUT2D eigenvalue weighted by Crippen LogP contribution is -2.17. The first-order chi connectivity index (χ1) is 10.0. The van der Waals surface area contributed by atoms with Gasteiger partial charge in [0.1, 0.15) is 0 Å². The van der Waals surface area contributed by atoms with Crippen LogP contribution in [-0.4, -0.2) is 4.57 Å². The molecule has 0 amide bonds. The fraction of sp³-hybridized carbons (Fsp3) is 0.353. The predicted octanol–water partition coefficient (Wildman–Crippen LogP) is 4.85. The van der Waals surface area contributed by atoms with Crippen molar-refractivity contribution in [1.82, 2.24) is 4.57 Å². The number of rotatable bonds is 5. The number of aryl methyl sites for hydroxylation is 1. The van der Waals surface area contributed by atoms with E-state index in [0.29, 0.717) is 16.5 Å². The Bertz CT molecular complexity index is 671. The molecule has 1 aromatic heterocycles. The van der Waals surface area contributed by atoms with E-state index >= 15 is 0 Å². The van der Waals surface area contributed by atoms with Crippen LogP contribution >= 0.6 is 23.2 Å². The van der Waals surface area contributed by atoms with Gasteiger partial charge in [0.2, 0.25) is 0 Å². The van der Waals surface area contributed by atoms with E-state index in [4.69, 9.17) is 23.2 Å². The number of benzene rings is 1. The van der Waals surface area contributed by atoms with Gasteiger partial charge in [0.15, 0.2) is 5.43 Å². The number of halogens is 2. The van der Waals surface area contributed by atoms with E-state index in [0.717, 1.165) is 36.2 Å². The first-order valence-electron chi connectivity index (χ1n) is 7.16. The molecule has 0 unspecified atom stereocenters. The van der Waals surface area contributed by atoms with Crippen LogP contribution in [-0.2, 0) is 13.0 Å². The molecule has 0 aliphatic carbocycles. The Kier molecular flexibility index (Phi) is 5.49. The van der Waals surface area contributed by atoms with Gasteiger partial charge in [0, 0.05) is 46.5 Å². The van der Waals surface area contributed by atoms with Crippen LogP contribution in [0.1, 0.15) is 36.6 Å². The summed E-state index contributed by atoms with van der Waals surface area (Å²) >= 11 is 12.4. The highest BCUT2D eigenvalue weighted by molar-refractivity contribution is 6.36. The molecule has 21 heavy (non-hydrogen) atoms. The number of nitrogens with zero attached hydrogens (tertiary/aromatic N) is 1. The van der Waals surface area contributed by atoms with E-state index in [1.807, 2.05) is 19.2 Å². The minimum Gasteiger partial charge on any atom is -0.351 e. The third-order valence-electron chi connectivity index (χ3n) is 3.74. The van der Waals surface area contributed by atoms with Crippen molar-refractivity contribution in [3.8, 4) is 0 Å². The number of unbranched alkanes of at least 4 members (excludes halogenated alkanes) is 1. The second-order valence-corrected chi connectivity index (χ2v) is 5.98. The summed E-state index contributed by atoms with van der Waals surface area (Å²) in [6, 6.07) is 7.04. The van der Waals surface area contributed by atoms with E-state index in [2.05, 4.69) is 11.5 Å². The van der Waals surface area contributed by atoms with E-state index in [1.54, 1.807) is 18.2 Å². The summed E-state index contributed by atoms with van der Waals surface area (Å²) in [6.07, 6.45) is 4.55. The maximum atomic E-state index is 12.2. The van der Waals surface area contributed by atoms with E-state index < -0.39 is 0 Å². The van der Waals surface area contributed by atoms with Crippen LogP contribution < -0.4 is 5.43 Å². The van der Waals surface area contributed by atoms with Gasteiger partial charge in [-0.1, -0.05) is 42.6 Å². The van der Waals surface area contributed by atoms with Gasteiger partial charge in [-0.25, -0.2) is 0 Å². The maximum Gasteiger partial charge on any atom is 0.185 e. The van der Waals surface area contributed by atoms with Crippen molar-refractivity contribution in [2.45, 2.75) is 39.7 Å².